The lowest BCUT2D eigenvalue weighted by molar-refractivity contribution is -0.141. The van der Waals surface area contributed by atoms with Crippen molar-refractivity contribution >= 4 is 54.2 Å². The van der Waals surface area contributed by atoms with Crippen molar-refractivity contribution in [3.8, 4) is 11.5 Å². The van der Waals surface area contributed by atoms with Gasteiger partial charge in [0.25, 0.3) is 6.47 Å². The van der Waals surface area contributed by atoms with Crippen LogP contribution >= 0.6 is 0 Å². The van der Waals surface area contributed by atoms with Crippen LogP contribution in [0, 0.1) is 0 Å². The number of phenolic OH excluding ortho intramolecular Hbond substituents is 1. The van der Waals surface area contributed by atoms with Crippen molar-refractivity contribution in [1.82, 2.24) is 36.1 Å². The topological polar surface area (TPSA) is 372 Å². The number of hydrogen-bond acceptors (Lipinski definition) is 15. The second-order valence-electron chi connectivity index (χ2n) is 15.5. The monoisotopic (exact) mass is 947 g/mol. The molecule has 1 aromatic carbocycles. The third-order valence-electron chi connectivity index (χ3n) is 9.99. The summed E-state index contributed by atoms with van der Waals surface area (Å²) in [6, 6.07) is 5.07. The Morgan fingerprint density at radius 3 is 1.87 bits per heavy atom. The van der Waals surface area contributed by atoms with Crippen LogP contribution in [-0.4, -0.2) is 156 Å². The fourth-order valence-electron chi connectivity index (χ4n) is 6.54. The maximum atomic E-state index is 12.6. The lowest BCUT2D eigenvalue weighted by atomic mass is 10.0. The van der Waals surface area contributed by atoms with Crippen LogP contribution in [0.15, 0.2) is 30.3 Å². The number of aromatic nitrogens is 1. The number of benzene rings is 1. The number of ether oxygens (including phenoxy) is 1. The van der Waals surface area contributed by atoms with Crippen molar-refractivity contribution in [3.63, 3.8) is 0 Å². The summed E-state index contributed by atoms with van der Waals surface area (Å²) >= 11 is 0. The van der Waals surface area contributed by atoms with E-state index in [0.717, 1.165) is 0 Å². The normalized spacial score (nSPS) is 11.9. The molecule has 0 unspecified atom stereocenters. The zero-order valence-electron chi connectivity index (χ0n) is 37.0. The van der Waals surface area contributed by atoms with Crippen molar-refractivity contribution in [2.75, 3.05) is 39.3 Å². The van der Waals surface area contributed by atoms with Crippen LogP contribution in [0.3, 0.4) is 0 Å². The fourth-order valence-corrected chi connectivity index (χ4v) is 6.54. The molecule has 0 radical (unpaired) electrons. The minimum absolute atomic E-state index is 0.0281. The average molecular weight is 948 g/mol. The number of carboxylic acid groups (broad SMARTS) is 5. The zero-order valence-corrected chi connectivity index (χ0v) is 37.0. The Morgan fingerprint density at radius 1 is 0.642 bits per heavy atom. The highest BCUT2D eigenvalue weighted by Gasteiger charge is 2.23. The molecule has 0 saturated carbocycles. The molecule has 2 atom stereocenters. The number of aryl methyl sites for hydroxylation is 2. The molecule has 67 heavy (non-hydrogen) atoms. The van der Waals surface area contributed by atoms with E-state index in [1.54, 1.807) is 12.1 Å². The predicted molar refractivity (Wildman–Crippen MR) is 233 cm³/mol. The number of nitrogens with zero attached hydrogens (tertiary/aromatic N) is 3. The van der Waals surface area contributed by atoms with Gasteiger partial charge in [0, 0.05) is 82.6 Å². The number of hydrogen-bond donors (Lipinski definition) is 11. The van der Waals surface area contributed by atoms with Crippen LogP contribution in [0.1, 0.15) is 93.1 Å². The molecule has 2 aromatic rings. The molecule has 370 valence electrons. The Kier molecular flexibility index (Phi) is 25.9. The molecule has 0 spiro atoms. The lowest BCUT2D eigenvalue weighted by Gasteiger charge is -2.26. The number of pyridine rings is 1. The predicted octanol–water partition coefficient (Wildman–Crippen LogP) is 0.995. The Hall–Kier alpha value is -7.08. The van der Waals surface area contributed by atoms with E-state index in [0.29, 0.717) is 62.0 Å². The van der Waals surface area contributed by atoms with Gasteiger partial charge in [-0.05, 0) is 68.7 Å². The molecule has 24 heteroatoms. The van der Waals surface area contributed by atoms with Gasteiger partial charge in [0.1, 0.15) is 17.5 Å². The van der Waals surface area contributed by atoms with Gasteiger partial charge in [0.05, 0.1) is 18.8 Å². The number of nitrogens with one attached hydrogen (secondary N) is 4. The number of urea groups is 1. The highest BCUT2D eigenvalue weighted by Crippen LogP contribution is 2.22. The van der Waals surface area contributed by atoms with Crippen LogP contribution in [0.4, 0.5) is 4.79 Å². The van der Waals surface area contributed by atoms with Gasteiger partial charge in [0.2, 0.25) is 11.8 Å². The molecular formula is C43H61N7O17. The van der Waals surface area contributed by atoms with E-state index in [1.165, 1.54) is 28.0 Å². The molecule has 24 nitrogen and oxygen atoms in total. The van der Waals surface area contributed by atoms with E-state index in [4.69, 9.17) is 14.9 Å². The molecule has 2 rings (SSSR count). The summed E-state index contributed by atoms with van der Waals surface area (Å²) < 4.78 is 4.83. The Balaban J connectivity index is 1.75. The van der Waals surface area contributed by atoms with Gasteiger partial charge in [0.15, 0.2) is 6.23 Å². The molecular weight excluding hydrogens is 887 g/mol. The van der Waals surface area contributed by atoms with Gasteiger partial charge in [-0.3, -0.25) is 48.3 Å². The van der Waals surface area contributed by atoms with Gasteiger partial charge < -0.3 is 61.7 Å². The minimum atomic E-state index is -1.46. The van der Waals surface area contributed by atoms with Gasteiger partial charge in [-0.2, -0.15) is 0 Å². The molecule has 0 fully saturated rings. The van der Waals surface area contributed by atoms with E-state index < -0.39 is 67.7 Å². The number of aliphatic carboxylic acids is 5. The van der Waals surface area contributed by atoms with Crippen molar-refractivity contribution < 1.29 is 83.6 Å². The van der Waals surface area contributed by atoms with Crippen molar-refractivity contribution in [3.05, 3.63) is 52.8 Å². The number of phenols is 1. The third kappa shape index (κ3) is 25.3. The molecule has 0 bridgehead atoms. The van der Waals surface area contributed by atoms with Crippen molar-refractivity contribution in [2.24, 2.45) is 0 Å². The zero-order chi connectivity index (χ0) is 49.7. The number of amides is 4. The molecule has 0 aliphatic rings. The quantitative estimate of drug-likeness (QED) is 0.0258. The Labute approximate surface area is 385 Å². The first-order chi connectivity index (χ1) is 31.8. The Morgan fingerprint density at radius 2 is 1.25 bits per heavy atom. The smallest absolute Gasteiger partial charge is 0.326 e. The fraction of sp³-hybridized carbons (Fsp3) is 0.535. The summed E-state index contributed by atoms with van der Waals surface area (Å²) in [4.78, 5) is 112. The summed E-state index contributed by atoms with van der Waals surface area (Å²) in [6.07, 6.45) is 1.54. The first-order valence-electron chi connectivity index (χ1n) is 21.6. The molecule has 4 amide bonds. The molecule has 0 aliphatic carbocycles. The average Bonchev–Trinajstić information content (AvgIpc) is 3.25. The van der Waals surface area contributed by atoms with Crippen molar-refractivity contribution in [2.45, 2.75) is 109 Å². The molecule has 1 aromatic heterocycles. The van der Waals surface area contributed by atoms with E-state index in [-0.39, 0.29) is 107 Å². The summed E-state index contributed by atoms with van der Waals surface area (Å²) in [5, 5.41) is 77.1. The highest BCUT2D eigenvalue weighted by atomic mass is 16.5. The van der Waals surface area contributed by atoms with Crippen molar-refractivity contribution in [1.29, 1.82) is 0 Å². The third-order valence-corrected chi connectivity index (χ3v) is 9.99. The maximum Gasteiger partial charge on any atom is 0.326 e. The first kappa shape index (κ1) is 56.1. The summed E-state index contributed by atoms with van der Waals surface area (Å²) in [5.74, 6) is -6.76. The van der Waals surface area contributed by atoms with Crippen LogP contribution in [0.25, 0.3) is 0 Å². The number of aromatic hydroxyl groups is 2. The maximum absolute atomic E-state index is 12.6. The SMILES string of the molecule is O=CO[C@H](CCCCNC(=O)CCCCCNC(=O)CCc1ccc(O)c(CN(CCN(CC(=O)O)Cc2cc(CCC(=O)O)ccc2O)CC(=O)O)n1)NC(=O)N[C@@H](CCC(=O)O)C(=O)O. The van der Waals surface area contributed by atoms with Crippen LogP contribution in [0.5, 0.6) is 11.5 Å². The molecule has 1 heterocycles. The second-order valence-corrected chi connectivity index (χ2v) is 15.5. The summed E-state index contributed by atoms with van der Waals surface area (Å²) in [6.45, 7) is -0.203. The second kappa shape index (κ2) is 30.9. The van der Waals surface area contributed by atoms with E-state index >= 15 is 0 Å². The van der Waals surface area contributed by atoms with Crippen LogP contribution < -0.4 is 21.3 Å². The summed E-state index contributed by atoms with van der Waals surface area (Å²) in [7, 11) is 0. The number of carboxylic acids is 5. The van der Waals surface area contributed by atoms with Crippen LogP contribution in [-0.2, 0) is 69.0 Å². The number of rotatable bonds is 36. The largest absolute Gasteiger partial charge is 0.508 e. The number of unbranched alkanes of at least 4 members (excludes halogenated alkanes) is 3. The van der Waals surface area contributed by atoms with E-state index in [9.17, 15) is 68.7 Å². The van der Waals surface area contributed by atoms with Crippen LogP contribution in [0.2, 0.25) is 0 Å². The summed E-state index contributed by atoms with van der Waals surface area (Å²) in [5.41, 5.74) is 1.61. The van der Waals surface area contributed by atoms with Gasteiger partial charge >= 0.3 is 35.9 Å². The van der Waals surface area contributed by atoms with Gasteiger partial charge in [-0.1, -0.05) is 18.6 Å². The highest BCUT2D eigenvalue weighted by molar-refractivity contribution is 5.83. The molecule has 0 aliphatic heterocycles. The van der Waals surface area contributed by atoms with E-state index in [1.807, 2.05) is 0 Å². The first-order valence-corrected chi connectivity index (χ1v) is 21.6. The number of carbonyl (C=O) groups is 9. The number of carbonyl (C=O) groups excluding carboxylic acids is 4. The molecule has 11 N–H and O–H groups in total. The van der Waals surface area contributed by atoms with E-state index in [2.05, 4.69) is 26.3 Å². The molecule has 0 saturated heterocycles. The lowest BCUT2D eigenvalue weighted by Crippen LogP contribution is -2.49. The minimum Gasteiger partial charge on any atom is -0.508 e. The van der Waals surface area contributed by atoms with Gasteiger partial charge in [-0.25, -0.2) is 9.59 Å². The Bertz CT molecular complexity index is 1980. The van der Waals surface area contributed by atoms with Gasteiger partial charge in [-0.15, -0.1) is 0 Å². The standard InChI is InChI=1S/C43H61N7O17/c51-27-67-37(48-43(66)47-31(42(64)65)12-17-39(58)59)7-3-5-19-44-35(54)6-2-1-4-18-45-36(55)15-11-30-10-14-34(53)32(46-30)24-50(26-41(62)63)21-20-49(25-40(60)61)23-29-22-28(8-13-33(29)52)9-16-38(56)57/h8,10,13-14,22,27,31,37,52-53H,1-7,9,11-12,15-21,23-26H2,(H,44,54)(H,45,55)(H,56,57)(H,58,59)(H,60,61)(H,62,63)(H,64,65)(H2,47,48,66)/t31-,37+/m0/s1.